The third kappa shape index (κ3) is 3.74. The van der Waals surface area contributed by atoms with Crippen LogP contribution >= 0.6 is 0 Å². The Bertz CT molecular complexity index is 942. The van der Waals surface area contributed by atoms with E-state index in [1.54, 1.807) is 19.9 Å². The maximum absolute atomic E-state index is 12.8. The molecule has 0 aliphatic heterocycles. The average molecular weight is 372 g/mol. The van der Waals surface area contributed by atoms with Gasteiger partial charge in [-0.25, -0.2) is 14.4 Å². The molecule has 0 spiro atoms. The van der Waals surface area contributed by atoms with Gasteiger partial charge in [-0.05, 0) is 38.5 Å². The topological polar surface area (TPSA) is 115 Å². The van der Waals surface area contributed by atoms with Gasteiger partial charge in [0.25, 0.3) is 0 Å². The summed E-state index contributed by atoms with van der Waals surface area (Å²) in [6, 6.07) is 5.15. The smallest absolute Gasteiger partial charge is 0.340 e. The number of benzene rings is 1. The Balaban J connectivity index is 2.56. The molecule has 2 N–H and O–H groups in total. The Kier molecular flexibility index (Phi) is 5.79. The first-order valence-corrected chi connectivity index (χ1v) is 8.24. The van der Waals surface area contributed by atoms with Crippen molar-refractivity contribution in [3.63, 3.8) is 0 Å². The fourth-order valence-electron chi connectivity index (χ4n) is 2.97. The lowest BCUT2D eigenvalue weighted by atomic mass is 10.1. The number of hydrogen-bond acceptors (Lipinski definition) is 5. The Morgan fingerprint density at radius 2 is 1.78 bits per heavy atom. The number of ether oxygens (including phenoxy) is 1. The van der Waals surface area contributed by atoms with Crippen molar-refractivity contribution in [1.82, 2.24) is 4.57 Å². The second kappa shape index (κ2) is 7.86. The van der Waals surface area contributed by atoms with Crippen LogP contribution in [-0.4, -0.2) is 40.0 Å². The first kappa shape index (κ1) is 19.9. The predicted molar refractivity (Wildman–Crippen MR) is 97.7 cm³/mol. The number of nitrogens with one attached hydrogen (secondary N) is 1. The highest BCUT2D eigenvalue weighted by molar-refractivity contribution is 6.07. The van der Waals surface area contributed by atoms with Gasteiger partial charge in [-0.2, -0.15) is 0 Å². The van der Waals surface area contributed by atoms with Crippen molar-refractivity contribution in [1.29, 1.82) is 0 Å². The van der Waals surface area contributed by atoms with E-state index in [-0.39, 0.29) is 34.8 Å². The van der Waals surface area contributed by atoms with Gasteiger partial charge in [-0.3, -0.25) is 9.36 Å². The normalized spacial score (nSPS) is 10.4. The summed E-state index contributed by atoms with van der Waals surface area (Å²) in [7, 11) is 0. The second-order valence-corrected chi connectivity index (χ2v) is 5.83. The highest BCUT2D eigenvalue weighted by atomic mass is 16.5. The van der Waals surface area contributed by atoms with Gasteiger partial charge in [-0.1, -0.05) is 12.1 Å². The number of aromatic nitrogens is 1. The van der Waals surface area contributed by atoms with Crippen molar-refractivity contribution >= 4 is 29.4 Å². The second-order valence-electron chi connectivity index (χ2n) is 5.83. The van der Waals surface area contributed by atoms with E-state index in [0.717, 1.165) is 4.57 Å². The van der Waals surface area contributed by atoms with E-state index in [2.05, 4.69) is 5.32 Å². The molecule has 0 saturated heterocycles. The molecule has 2 rings (SSSR count). The fourth-order valence-corrected chi connectivity index (χ4v) is 2.97. The third-order valence-corrected chi connectivity index (χ3v) is 4.07. The molecule has 0 atom stereocenters. The van der Waals surface area contributed by atoms with Crippen molar-refractivity contribution in [2.45, 2.75) is 27.7 Å². The highest BCUT2D eigenvalue weighted by Crippen LogP contribution is 2.25. The van der Waals surface area contributed by atoms with Crippen molar-refractivity contribution < 1.29 is 29.0 Å². The van der Waals surface area contributed by atoms with Gasteiger partial charge < -0.3 is 15.2 Å². The van der Waals surface area contributed by atoms with Crippen LogP contribution in [0.5, 0.6) is 0 Å². The molecule has 0 aliphatic carbocycles. The van der Waals surface area contributed by atoms with Crippen LogP contribution in [0.3, 0.4) is 0 Å². The minimum Gasteiger partial charge on any atom is -0.478 e. The molecule has 8 heteroatoms. The number of carbonyl (C=O) groups is 4. The van der Waals surface area contributed by atoms with Crippen LogP contribution in [0.25, 0.3) is 0 Å². The number of nitrogens with zero attached hydrogens (tertiary/aromatic N) is 1. The lowest BCUT2D eigenvalue weighted by molar-refractivity contribution is 0.0524. The number of rotatable bonds is 5. The van der Waals surface area contributed by atoms with Crippen LogP contribution in [0.4, 0.5) is 10.5 Å². The number of Topliss-reactive ketones (excluding diaryl/α,β-unsaturated/α-hetero) is 1. The molecule has 0 saturated carbocycles. The number of hydrogen-bond donors (Lipinski definition) is 2. The molecule has 1 aromatic carbocycles. The summed E-state index contributed by atoms with van der Waals surface area (Å²) in [5.74, 6) is -2.24. The molecule has 0 unspecified atom stereocenters. The zero-order valence-electron chi connectivity index (χ0n) is 15.5. The molecule has 142 valence electrons. The van der Waals surface area contributed by atoms with Gasteiger partial charge in [0.15, 0.2) is 5.78 Å². The molecule has 1 heterocycles. The largest absolute Gasteiger partial charge is 0.478 e. The highest BCUT2D eigenvalue weighted by Gasteiger charge is 2.29. The minimum atomic E-state index is -1.20. The average Bonchev–Trinajstić information content (AvgIpc) is 2.86. The van der Waals surface area contributed by atoms with Gasteiger partial charge in [0.05, 0.1) is 29.1 Å². The van der Waals surface area contributed by atoms with E-state index in [4.69, 9.17) is 4.74 Å². The number of carboxylic acid groups (broad SMARTS) is 1. The summed E-state index contributed by atoms with van der Waals surface area (Å²) in [5.41, 5.74) is 0.737. The van der Waals surface area contributed by atoms with Crippen LogP contribution in [0, 0.1) is 13.8 Å². The van der Waals surface area contributed by atoms with E-state index in [1.807, 2.05) is 0 Å². The summed E-state index contributed by atoms with van der Waals surface area (Å²) in [4.78, 5) is 48.5. The number of esters is 1. The summed E-state index contributed by atoms with van der Waals surface area (Å²) in [6.07, 6.45) is 0. The zero-order valence-corrected chi connectivity index (χ0v) is 15.5. The number of carboxylic acids is 1. The van der Waals surface area contributed by atoms with E-state index in [0.29, 0.717) is 5.56 Å². The number of anilines is 1. The maximum atomic E-state index is 12.8. The molecule has 1 aromatic heterocycles. The summed E-state index contributed by atoms with van der Waals surface area (Å²) in [6.45, 7) is 6.17. The monoisotopic (exact) mass is 372 g/mol. The molecule has 1 amide bonds. The number of aromatic carboxylic acids is 1. The van der Waals surface area contributed by atoms with Crippen molar-refractivity contribution in [2.24, 2.45) is 0 Å². The first-order chi connectivity index (χ1) is 12.7. The Morgan fingerprint density at radius 3 is 2.33 bits per heavy atom. The number of amides is 1. The van der Waals surface area contributed by atoms with Crippen molar-refractivity contribution in [2.75, 3.05) is 11.9 Å². The quantitative estimate of drug-likeness (QED) is 0.615. The van der Waals surface area contributed by atoms with E-state index in [9.17, 15) is 24.3 Å². The van der Waals surface area contributed by atoms with Gasteiger partial charge in [0.2, 0.25) is 0 Å². The maximum Gasteiger partial charge on any atom is 0.340 e. The van der Waals surface area contributed by atoms with Gasteiger partial charge >= 0.3 is 18.0 Å². The van der Waals surface area contributed by atoms with Gasteiger partial charge in [0, 0.05) is 12.6 Å². The third-order valence-electron chi connectivity index (χ3n) is 4.07. The minimum absolute atomic E-state index is 0.0425. The van der Waals surface area contributed by atoms with Crippen LogP contribution in [0.2, 0.25) is 0 Å². The van der Waals surface area contributed by atoms with Gasteiger partial charge in [-0.15, -0.1) is 0 Å². The van der Waals surface area contributed by atoms with Crippen molar-refractivity contribution in [3.05, 3.63) is 52.3 Å². The molecule has 0 radical (unpaired) electrons. The molecular formula is C19H20N2O6. The molecule has 27 heavy (non-hydrogen) atoms. The number of ketones is 1. The van der Waals surface area contributed by atoms with Crippen LogP contribution < -0.4 is 5.32 Å². The molecule has 8 nitrogen and oxygen atoms in total. The molecule has 0 aliphatic rings. The lowest BCUT2D eigenvalue weighted by Crippen LogP contribution is -2.25. The lowest BCUT2D eigenvalue weighted by Gasteiger charge is -2.12. The standard InChI is InChI=1S/C19H20N2O6/c1-5-27-18(25)15-10(2)16(12(4)22)21(11(15)3)19(26)20-14-9-7-6-8-13(14)17(23)24/h6-9H,5H2,1-4H3,(H,20,26)(H,23,24). The summed E-state index contributed by atoms with van der Waals surface area (Å²) < 4.78 is 6.09. The predicted octanol–water partition coefficient (Wildman–Crippen LogP) is 3.26. The first-order valence-electron chi connectivity index (χ1n) is 8.24. The van der Waals surface area contributed by atoms with Crippen LogP contribution in [0.15, 0.2) is 24.3 Å². The van der Waals surface area contributed by atoms with E-state index in [1.165, 1.54) is 32.0 Å². The van der Waals surface area contributed by atoms with Gasteiger partial charge in [0.1, 0.15) is 0 Å². The molecule has 0 fully saturated rings. The van der Waals surface area contributed by atoms with Crippen molar-refractivity contribution in [3.8, 4) is 0 Å². The molecule has 0 bridgehead atoms. The SMILES string of the molecule is CCOC(=O)c1c(C)c(C(C)=O)n(C(=O)Nc2ccccc2C(=O)O)c1C. The summed E-state index contributed by atoms with van der Waals surface area (Å²) in [5, 5.41) is 11.7. The zero-order chi connectivity index (χ0) is 20.3. The summed E-state index contributed by atoms with van der Waals surface area (Å²) >= 11 is 0. The van der Waals surface area contributed by atoms with E-state index < -0.39 is 23.8 Å². The van der Waals surface area contributed by atoms with Crippen LogP contribution in [0.1, 0.15) is 56.3 Å². The number of carbonyl (C=O) groups excluding carboxylic acids is 3. The Morgan fingerprint density at radius 1 is 1.15 bits per heavy atom. The molecule has 2 aromatic rings. The molecular weight excluding hydrogens is 352 g/mol. The Hall–Kier alpha value is -3.42. The fraction of sp³-hybridized carbons (Fsp3) is 0.263. The number of para-hydroxylation sites is 1. The van der Waals surface area contributed by atoms with E-state index >= 15 is 0 Å². The Labute approximate surface area is 155 Å². The van der Waals surface area contributed by atoms with Crippen LogP contribution in [-0.2, 0) is 4.74 Å².